The van der Waals surface area contributed by atoms with Gasteiger partial charge in [0.15, 0.2) is 5.16 Å². The fourth-order valence-corrected chi connectivity index (χ4v) is 4.41. The Kier molecular flexibility index (Phi) is 5.25. The number of benzene rings is 3. The molecule has 0 radical (unpaired) electrons. The number of para-hydroxylation sites is 1. The maximum atomic E-state index is 13.3. The van der Waals surface area contributed by atoms with Crippen LogP contribution in [-0.2, 0) is 5.75 Å². The van der Waals surface area contributed by atoms with Gasteiger partial charge in [-0.15, -0.1) is 0 Å². The lowest BCUT2D eigenvalue weighted by molar-refractivity contribution is 0.814. The van der Waals surface area contributed by atoms with Crippen molar-refractivity contribution in [2.45, 2.75) is 24.8 Å². The molecule has 0 atom stereocenters. The van der Waals surface area contributed by atoms with Crippen molar-refractivity contribution in [1.29, 1.82) is 0 Å². The van der Waals surface area contributed by atoms with E-state index in [0.717, 1.165) is 22.4 Å². The minimum absolute atomic E-state index is 0.0499. The molecule has 0 aliphatic carbocycles. The van der Waals surface area contributed by atoms with Gasteiger partial charge in [0.05, 0.1) is 16.6 Å². The van der Waals surface area contributed by atoms with Crippen molar-refractivity contribution in [3.8, 4) is 5.69 Å². The van der Waals surface area contributed by atoms with E-state index in [0.29, 0.717) is 26.8 Å². The number of fused-ring (bicyclic) bond motifs is 1. The van der Waals surface area contributed by atoms with Crippen molar-refractivity contribution in [1.82, 2.24) is 9.55 Å². The molecule has 0 fully saturated rings. The highest BCUT2D eigenvalue weighted by atomic mass is 35.5. The molecule has 0 bridgehead atoms. The third kappa shape index (κ3) is 3.71. The number of aromatic nitrogens is 2. The summed E-state index contributed by atoms with van der Waals surface area (Å²) in [6, 6.07) is 21.3. The molecule has 28 heavy (non-hydrogen) atoms. The van der Waals surface area contributed by atoms with Crippen LogP contribution in [-0.4, -0.2) is 9.55 Å². The zero-order valence-electron chi connectivity index (χ0n) is 15.6. The van der Waals surface area contributed by atoms with E-state index in [9.17, 15) is 4.79 Å². The summed E-state index contributed by atoms with van der Waals surface area (Å²) in [5.74, 6) is 0.677. The molecule has 4 aromatic rings. The maximum absolute atomic E-state index is 13.3. The van der Waals surface area contributed by atoms with Gasteiger partial charge in [0.25, 0.3) is 5.56 Å². The molecule has 3 nitrogen and oxygen atoms in total. The van der Waals surface area contributed by atoms with Gasteiger partial charge in [-0.1, -0.05) is 65.3 Å². The van der Waals surface area contributed by atoms with Crippen LogP contribution in [0.5, 0.6) is 0 Å². The Bertz CT molecular complexity index is 1230. The fraction of sp³-hybridized carbons (Fsp3) is 0.130. The minimum atomic E-state index is -0.0499. The lowest BCUT2D eigenvalue weighted by atomic mass is 10.1. The molecule has 0 unspecified atom stereocenters. The second kappa shape index (κ2) is 7.82. The Hall–Kier alpha value is -2.56. The number of halogens is 1. The molecule has 3 aromatic carbocycles. The normalized spacial score (nSPS) is 11.1. The van der Waals surface area contributed by atoms with E-state index in [2.05, 4.69) is 6.07 Å². The monoisotopic (exact) mass is 406 g/mol. The van der Waals surface area contributed by atoms with Crippen molar-refractivity contribution >= 4 is 34.3 Å². The third-order valence-electron chi connectivity index (χ3n) is 4.60. The van der Waals surface area contributed by atoms with Gasteiger partial charge in [-0.25, -0.2) is 4.98 Å². The van der Waals surface area contributed by atoms with Gasteiger partial charge in [0.2, 0.25) is 0 Å². The number of aryl methyl sites for hydroxylation is 2. The molecule has 1 aromatic heterocycles. The first-order valence-electron chi connectivity index (χ1n) is 8.99. The van der Waals surface area contributed by atoms with Gasteiger partial charge in [-0.3, -0.25) is 9.36 Å². The lowest BCUT2D eigenvalue weighted by Gasteiger charge is -2.15. The number of rotatable bonds is 4. The van der Waals surface area contributed by atoms with Gasteiger partial charge < -0.3 is 0 Å². The van der Waals surface area contributed by atoms with Crippen LogP contribution in [0.25, 0.3) is 16.6 Å². The second-order valence-corrected chi connectivity index (χ2v) is 8.14. The average Bonchev–Trinajstić information content (AvgIpc) is 2.68. The molecular weight excluding hydrogens is 388 g/mol. The summed E-state index contributed by atoms with van der Waals surface area (Å²) in [5, 5.41) is 2.00. The summed E-state index contributed by atoms with van der Waals surface area (Å²) in [6.07, 6.45) is 0. The van der Waals surface area contributed by atoms with Crippen molar-refractivity contribution in [2.75, 3.05) is 0 Å². The van der Waals surface area contributed by atoms with Crippen LogP contribution in [0, 0.1) is 13.8 Å². The minimum Gasteiger partial charge on any atom is -0.268 e. The molecule has 0 aliphatic rings. The molecule has 0 saturated carbocycles. The van der Waals surface area contributed by atoms with E-state index in [1.54, 1.807) is 4.57 Å². The summed E-state index contributed by atoms with van der Waals surface area (Å²) in [7, 11) is 0. The molecule has 0 aliphatic heterocycles. The summed E-state index contributed by atoms with van der Waals surface area (Å²) < 4.78 is 1.73. The first kappa shape index (κ1) is 18.8. The van der Waals surface area contributed by atoms with Gasteiger partial charge in [0.1, 0.15) is 0 Å². The van der Waals surface area contributed by atoms with Crippen LogP contribution < -0.4 is 5.56 Å². The number of nitrogens with zero attached hydrogens (tertiary/aromatic N) is 2. The number of thioether (sulfide) groups is 1. The van der Waals surface area contributed by atoms with E-state index < -0.39 is 0 Å². The van der Waals surface area contributed by atoms with Crippen molar-refractivity contribution in [2.24, 2.45) is 0 Å². The SMILES string of the molecule is Cc1ccc(-n2c(SCc3cccc(Cl)c3)nc3ccccc3c2=O)c(C)c1. The van der Waals surface area contributed by atoms with E-state index in [1.165, 1.54) is 11.8 Å². The van der Waals surface area contributed by atoms with E-state index in [4.69, 9.17) is 16.6 Å². The molecular formula is C23H19ClN2OS. The second-order valence-electron chi connectivity index (χ2n) is 6.76. The summed E-state index contributed by atoms with van der Waals surface area (Å²) in [6.45, 7) is 4.07. The fourth-order valence-electron chi connectivity index (χ4n) is 3.25. The Morgan fingerprint density at radius 3 is 2.61 bits per heavy atom. The zero-order chi connectivity index (χ0) is 19.7. The average molecular weight is 407 g/mol. The first-order valence-corrected chi connectivity index (χ1v) is 10.4. The smallest absolute Gasteiger partial charge is 0.266 e. The number of hydrogen-bond acceptors (Lipinski definition) is 3. The third-order valence-corrected chi connectivity index (χ3v) is 5.84. The van der Waals surface area contributed by atoms with Crippen molar-refractivity contribution in [3.05, 3.63) is 98.8 Å². The Balaban J connectivity index is 1.87. The van der Waals surface area contributed by atoms with Crippen LogP contribution >= 0.6 is 23.4 Å². The van der Waals surface area contributed by atoms with Gasteiger partial charge in [-0.05, 0) is 55.3 Å². The summed E-state index contributed by atoms with van der Waals surface area (Å²) in [4.78, 5) is 18.1. The van der Waals surface area contributed by atoms with E-state index in [1.807, 2.05) is 74.5 Å². The highest BCUT2D eigenvalue weighted by Crippen LogP contribution is 2.27. The Morgan fingerprint density at radius 2 is 1.82 bits per heavy atom. The van der Waals surface area contributed by atoms with Crippen LogP contribution in [0.2, 0.25) is 5.02 Å². The maximum Gasteiger partial charge on any atom is 0.266 e. The Labute approximate surface area is 173 Å². The predicted molar refractivity (Wildman–Crippen MR) is 118 cm³/mol. The molecule has 0 amide bonds. The topological polar surface area (TPSA) is 34.9 Å². The molecule has 5 heteroatoms. The lowest BCUT2D eigenvalue weighted by Crippen LogP contribution is -2.22. The standard InChI is InChI=1S/C23H19ClN2OS/c1-15-10-11-21(16(2)12-15)26-22(27)19-8-3-4-9-20(19)25-23(26)28-14-17-6-5-7-18(24)13-17/h3-13H,14H2,1-2H3. The van der Waals surface area contributed by atoms with Gasteiger partial charge in [0, 0.05) is 10.8 Å². The highest BCUT2D eigenvalue weighted by molar-refractivity contribution is 7.98. The summed E-state index contributed by atoms with van der Waals surface area (Å²) >= 11 is 7.65. The molecule has 0 spiro atoms. The predicted octanol–water partition coefficient (Wildman–Crippen LogP) is 5.95. The molecule has 0 saturated heterocycles. The van der Waals surface area contributed by atoms with Crippen LogP contribution in [0.3, 0.4) is 0 Å². The highest BCUT2D eigenvalue weighted by Gasteiger charge is 2.15. The van der Waals surface area contributed by atoms with E-state index >= 15 is 0 Å². The summed E-state index contributed by atoms with van der Waals surface area (Å²) in [5.41, 5.74) is 4.82. The zero-order valence-corrected chi connectivity index (χ0v) is 17.2. The van der Waals surface area contributed by atoms with Crippen molar-refractivity contribution in [3.63, 3.8) is 0 Å². The molecule has 0 N–H and O–H groups in total. The number of hydrogen-bond donors (Lipinski definition) is 0. The van der Waals surface area contributed by atoms with E-state index in [-0.39, 0.29) is 5.56 Å². The first-order chi connectivity index (χ1) is 13.5. The largest absolute Gasteiger partial charge is 0.268 e. The van der Waals surface area contributed by atoms with Crippen LogP contribution in [0.1, 0.15) is 16.7 Å². The molecule has 4 rings (SSSR count). The van der Waals surface area contributed by atoms with Gasteiger partial charge in [-0.2, -0.15) is 0 Å². The van der Waals surface area contributed by atoms with Crippen molar-refractivity contribution < 1.29 is 0 Å². The quantitative estimate of drug-likeness (QED) is 0.310. The molecule has 140 valence electrons. The van der Waals surface area contributed by atoms with Crippen LogP contribution in [0.15, 0.2) is 76.7 Å². The van der Waals surface area contributed by atoms with Crippen LogP contribution in [0.4, 0.5) is 0 Å². The van der Waals surface area contributed by atoms with Gasteiger partial charge >= 0.3 is 0 Å². The molecule has 1 heterocycles. The Morgan fingerprint density at radius 1 is 1.00 bits per heavy atom.